The zero-order valence-electron chi connectivity index (χ0n) is 10.8. The van der Waals surface area contributed by atoms with Crippen LogP contribution in [0, 0.1) is 0 Å². The minimum atomic E-state index is 0.281. The molecule has 1 aromatic heterocycles. The quantitative estimate of drug-likeness (QED) is 0.879. The number of nitrogen functional groups attached to an aromatic ring is 1. The Hall–Kier alpha value is -1.20. The maximum Gasteiger partial charge on any atom is 0.223 e. The molecule has 4 nitrogen and oxygen atoms in total. The Labute approximate surface area is 130 Å². The van der Waals surface area contributed by atoms with Crippen LogP contribution in [0.4, 0.5) is 5.95 Å². The molecule has 1 aliphatic rings. The molecule has 1 heterocycles. The fraction of sp³-hybridized carbons (Fsp3) is 0.357. The number of hydrogen-bond donors (Lipinski definition) is 1. The first-order valence-electron chi connectivity index (χ1n) is 6.60. The SMILES string of the molecule is Nc1nc(-c2ccc(Cl)c(Br)c2)nc(C2CCCC2)n1. The van der Waals surface area contributed by atoms with E-state index in [1.165, 1.54) is 12.8 Å². The van der Waals surface area contributed by atoms with Crippen LogP contribution in [0.2, 0.25) is 5.02 Å². The van der Waals surface area contributed by atoms with Gasteiger partial charge in [0.05, 0.1) is 5.02 Å². The zero-order chi connectivity index (χ0) is 14.1. The highest BCUT2D eigenvalue weighted by molar-refractivity contribution is 9.10. The van der Waals surface area contributed by atoms with Crippen molar-refractivity contribution in [1.29, 1.82) is 0 Å². The Bertz CT molecular complexity index is 641. The summed E-state index contributed by atoms with van der Waals surface area (Å²) >= 11 is 9.42. The summed E-state index contributed by atoms with van der Waals surface area (Å²) in [5, 5.41) is 0.659. The smallest absolute Gasteiger partial charge is 0.223 e. The van der Waals surface area contributed by atoms with Crippen molar-refractivity contribution >= 4 is 33.5 Å². The van der Waals surface area contributed by atoms with Gasteiger partial charge in [-0.15, -0.1) is 0 Å². The van der Waals surface area contributed by atoms with Crippen molar-refractivity contribution in [3.63, 3.8) is 0 Å². The van der Waals surface area contributed by atoms with Crippen LogP contribution in [0.5, 0.6) is 0 Å². The topological polar surface area (TPSA) is 64.7 Å². The van der Waals surface area contributed by atoms with Crippen molar-refractivity contribution in [3.05, 3.63) is 33.5 Å². The van der Waals surface area contributed by atoms with Crippen molar-refractivity contribution < 1.29 is 0 Å². The molecule has 0 atom stereocenters. The normalized spacial score (nSPS) is 15.7. The molecule has 20 heavy (non-hydrogen) atoms. The molecule has 2 aromatic rings. The lowest BCUT2D eigenvalue weighted by atomic mass is 10.1. The molecule has 2 N–H and O–H groups in total. The lowest BCUT2D eigenvalue weighted by molar-refractivity contribution is 0.665. The standard InChI is InChI=1S/C14H14BrClN4/c15-10-7-9(5-6-11(10)16)13-18-12(19-14(17)20-13)8-3-1-2-4-8/h5-8H,1-4H2,(H2,17,18,19,20). The van der Waals surface area contributed by atoms with E-state index in [0.717, 1.165) is 28.7 Å². The first-order chi connectivity index (χ1) is 9.63. The first kappa shape index (κ1) is 13.8. The monoisotopic (exact) mass is 352 g/mol. The van der Waals surface area contributed by atoms with E-state index in [1.807, 2.05) is 18.2 Å². The molecule has 0 aliphatic heterocycles. The summed E-state index contributed by atoms with van der Waals surface area (Å²) in [6.45, 7) is 0. The highest BCUT2D eigenvalue weighted by Gasteiger charge is 2.21. The van der Waals surface area contributed by atoms with Crippen LogP contribution in [0.25, 0.3) is 11.4 Å². The summed E-state index contributed by atoms with van der Waals surface area (Å²) in [5.74, 6) is 2.12. The number of aromatic nitrogens is 3. The fourth-order valence-electron chi connectivity index (χ4n) is 2.54. The van der Waals surface area contributed by atoms with Crippen molar-refractivity contribution in [2.75, 3.05) is 5.73 Å². The molecule has 0 bridgehead atoms. The fourth-order valence-corrected chi connectivity index (χ4v) is 3.04. The van der Waals surface area contributed by atoms with Gasteiger partial charge in [-0.1, -0.05) is 24.4 Å². The largest absolute Gasteiger partial charge is 0.368 e. The maximum absolute atomic E-state index is 6.01. The van der Waals surface area contributed by atoms with Gasteiger partial charge in [0, 0.05) is 16.0 Å². The molecular weight excluding hydrogens is 340 g/mol. The highest BCUT2D eigenvalue weighted by atomic mass is 79.9. The third-order valence-corrected chi connectivity index (χ3v) is 4.78. The van der Waals surface area contributed by atoms with E-state index in [4.69, 9.17) is 17.3 Å². The summed E-state index contributed by atoms with van der Waals surface area (Å²) in [6.07, 6.45) is 4.73. The summed E-state index contributed by atoms with van der Waals surface area (Å²) in [6, 6.07) is 5.60. The molecule has 0 radical (unpaired) electrons. The van der Waals surface area contributed by atoms with Crippen molar-refractivity contribution in [1.82, 2.24) is 15.0 Å². The highest BCUT2D eigenvalue weighted by Crippen LogP contribution is 2.33. The Kier molecular flexibility index (Phi) is 3.89. The van der Waals surface area contributed by atoms with Gasteiger partial charge < -0.3 is 5.73 Å². The Morgan fingerprint density at radius 1 is 1.15 bits per heavy atom. The molecule has 1 saturated carbocycles. The van der Waals surface area contributed by atoms with Crippen LogP contribution in [-0.2, 0) is 0 Å². The van der Waals surface area contributed by atoms with Crippen LogP contribution >= 0.6 is 27.5 Å². The molecule has 3 rings (SSSR count). The molecule has 0 spiro atoms. The summed E-state index contributed by atoms with van der Waals surface area (Å²) in [7, 11) is 0. The number of anilines is 1. The van der Waals surface area contributed by atoms with Crippen molar-refractivity contribution in [3.8, 4) is 11.4 Å². The molecular formula is C14H14BrClN4. The Morgan fingerprint density at radius 3 is 2.60 bits per heavy atom. The summed E-state index contributed by atoms with van der Waals surface area (Å²) in [5.41, 5.74) is 6.72. The lowest BCUT2D eigenvalue weighted by Crippen LogP contribution is -2.07. The molecule has 0 unspecified atom stereocenters. The third kappa shape index (κ3) is 2.79. The number of nitrogens with two attached hydrogens (primary N) is 1. The van der Waals surface area contributed by atoms with Crippen LogP contribution < -0.4 is 5.73 Å². The van der Waals surface area contributed by atoms with Gasteiger partial charge in [0.25, 0.3) is 0 Å². The number of halogens is 2. The van der Waals surface area contributed by atoms with Crippen molar-refractivity contribution in [2.45, 2.75) is 31.6 Å². The number of nitrogens with zero attached hydrogens (tertiary/aromatic N) is 3. The summed E-state index contributed by atoms with van der Waals surface area (Å²) in [4.78, 5) is 13.1. The van der Waals surface area contributed by atoms with Gasteiger partial charge in [0.2, 0.25) is 5.95 Å². The second-order valence-electron chi connectivity index (χ2n) is 4.99. The number of hydrogen-bond acceptors (Lipinski definition) is 4. The zero-order valence-corrected chi connectivity index (χ0v) is 13.2. The van der Waals surface area contributed by atoms with Gasteiger partial charge in [-0.3, -0.25) is 0 Å². The van der Waals surface area contributed by atoms with Gasteiger partial charge in [0.1, 0.15) is 5.82 Å². The summed E-state index contributed by atoms with van der Waals surface area (Å²) < 4.78 is 0.818. The predicted molar refractivity (Wildman–Crippen MR) is 83.6 cm³/mol. The van der Waals surface area contributed by atoms with E-state index < -0.39 is 0 Å². The number of rotatable bonds is 2. The van der Waals surface area contributed by atoms with E-state index in [2.05, 4.69) is 30.9 Å². The van der Waals surface area contributed by atoms with Gasteiger partial charge in [-0.05, 0) is 47.0 Å². The first-order valence-corrected chi connectivity index (χ1v) is 7.77. The average Bonchev–Trinajstić information content (AvgIpc) is 2.95. The molecule has 0 saturated heterocycles. The average molecular weight is 354 g/mol. The van der Waals surface area contributed by atoms with Gasteiger partial charge >= 0.3 is 0 Å². The maximum atomic E-state index is 6.01. The lowest BCUT2D eigenvalue weighted by Gasteiger charge is -2.10. The second kappa shape index (κ2) is 5.66. The molecule has 104 valence electrons. The predicted octanol–water partition coefficient (Wildman–Crippen LogP) is 4.19. The second-order valence-corrected chi connectivity index (χ2v) is 6.25. The minimum absolute atomic E-state index is 0.281. The Morgan fingerprint density at radius 2 is 1.90 bits per heavy atom. The Balaban J connectivity index is 2.02. The van der Waals surface area contributed by atoms with E-state index in [9.17, 15) is 0 Å². The van der Waals surface area contributed by atoms with Crippen LogP contribution in [0.1, 0.15) is 37.4 Å². The van der Waals surface area contributed by atoms with Gasteiger partial charge in [0.15, 0.2) is 5.82 Å². The molecule has 1 aliphatic carbocycles. The van der Waals surface area contributed by atoms with Crippen LogP contribution in [-0.4, -0.2) is 15.0 Å². The molecule has 6 heteroatoms. The number of benzene rings is 1. The van der Waals surface area contributed by atoms with Crippen molar-refractivity contribution in [2.24, 2.45) is 0 Å². The van der Waals surface area contributed by atoms with Crippen LogP contribution in [0.3, 0.4) is 0 Å². The van der Waals surface area contributed by atoms with E-state index in [0.29, 0.717) is 16.8 Å². The van der Waals surface area contributed by atoms with E-state index in [-0.39, 0.29) is 5.95 Å². The molecule has 0 amide bonds. The van der Waals surface area contributed by atoms with Crippen LogP contribution in [0.15, 0.2) is 22.7 Å². The minimum Gasteiger partial charge on any atom is -0.368 e. The van der Waals surface area contributed by atoms with E-state index in [1.54, 1.807) is 0 Å². The van der Waals surface area contributed by atoms with E-state index >= 15 is 0 Å². The van der Waals surface area contributed by atoms with Gasteiger partial charge in [-0.2, -0.15) is 9.97 Å². The molecule has 1 fully saturated rings. The molecule has 1 aromatic carbocycles. The van der Waals surface area contributed by atoms with Gasteiger partial charge in [-0.25, -0.2) is 4.98 Å². The third-order valence-electron chi connectivity index (χ3n) is 3.57.